The van der Waals surface area contributed by atoms with E-state index in [1.807, 2.05) is 203 Å². The van der Waals surface area contributed by atoms with Crippen LogP contribution in [0, 0.1) is 0 Å². The lowest BCUT2D eigenvalue weighted by atomic mass is 10.0. The van der Waals surface area contributed by atoms with Gasteiger partial charge in [0.25, 0.3) is 29.5 Å². The molecule has 0 aromatic heterocycles. The molecule has 5 fully saturated rings. The first kappa shape index (κ1) is 103. The van der Waals surface area contributed by atoms with Gasteiger partial charge in [0.1, 0.15) is 0 Å². The van der Waals surface area contributed by atoms with E-state index in [4.69, 9.17) is 0 Å². The van der Waals surface area contributed by atoms with E-state index in [2.05, 4.69) is 215 Å². The Morgan fingerprint density at radius 3 is 0.716 bits per heavy atom. The van der Waals surface area contributed by atoms with Crippen LogP contribution in [-0.2, 0) is 32.7 Å². The van der Waals surface area contributed by atoms with Gasteiger partial charge >= 0.3 is 0 Å². The van der Waals surface area contributed by atoms with Gasteiger partial charge in [-0.05, 0) is 277 Å². The van der Waals surface area contributed by atoms with Crippen LogP contribution < -0.4 is 26.6 Å². The number of rotatable bonds is 35. The fourth-order valence-electron chi connectivity index (χ4n) is 18.7. The lowest BCUT2D eigenvalue weighted by Crippen LogP contribution is -2.41. The van der Waals surface area contributed by atoms with E-state index in [-0.39, 0.29) is 29.5 Å². The van der Waals surface area contributed by atoms with E-state index in [1.165, 1.54) is 53.5 Å². The van der Waals surface area contributed by atoms with Gasteiger partial charge in [-0.3, -0.25) is 48.5 Å². The SMILES string of the molecule is CCN(CC)C(=O)c1ccc(NC2CCCN(Cc3ccccc3)C2)cc1.CCN(CC)C(=O)c1ccc(NC2CCN(Cc3ccccc3)C2)cc1.CCN(CC)C(=O)c1ccc(NC2CCN(Cc3ccccc3)CC2)cc1.CCN(CC)C(=O)c1cccc(NC2CCCN(Cc3ccccc3)C2)c1.CCN(CC)C(=O)c1cccc(NC2CCN(Cc3ccccc3)CC2)c1. The van der Waals surface area contributed by atoms with E-state index >= 15 is 0 Å². The number of nitrogens with one attached hydrogen (secondary N) is 5. The van der Waals surface area contributed by atoms with Crippen molar-refractivity contribution >= 4 is 58.0 Å². The van der Waals surface area contributed by atoms with E-state index in [0.29, 0.717) is 30.2 Å². The molecule has 0 spiro atoms. The minimum Gasteiger partial charge on any atom is -0.382 e. The van der Waals surface area contributed by atoms with Crippen molar-refractivity contribution in [2.45, 2.75) is 190 Å². The summed E-state index contributed by atoms with van der Waals surface area (Å²) in [6.07, 6.45) is 10.4. The van der Waals surface area contributed by atoms with E-state index in [9.17, 15) is 24.0 Å². The maximum atomic E-state index is 12.6. The standard InChI is InChI=1S/4C23H31N3O.C22H29N3O/c1-3-26(4-2)23(27)20-12-8-13-21(16-20)24-22-14-9-15-25(18-22)17-19-10-6-5-7-11-19;1-3-26(4-2)23(27)20-12-14-21(15-13-20)24-22-11-8-16-25(18-22)17-19-9-6-5-7-10-19;1-3-26(4-2)23(27)20-11-8-12-22(17-20)24-21-13-15-25(16-14-21)18-19-9-6-5-7-10-19;1-3-26(4-2)23(27)20-10-12-21(13-11-20)24-22-14-16-25(17-15-22)18-19-8-6-5-7-9-19;1-3-25(4-2)22(26)19-10-12-20(13-11-19)23-21-14-15-24(17-21)16-18-8-6-5-7-9-18/h5-8,10-13,16,22,24H,3-4,9,14-15,17-18H2,1-2H3;5-7,9-10,12-15,22,24H,3-4,8,11,16-18H2,1-2H3;5-12,17,21,24H,3-4,13-16,18H2,1-2H3;5-13,22,24H,3-4,14-18H2,1-2H3;5-13,21,23H,3-4,14-17H2,1-2H3. The monoisotopic (exact) mass is 1810 g/mol. The number of carbonyl (C=O) groups is 5. The number of hydrogen-bond donors (Lipinski definition) is 5. The first-order valence-corrected chi connectivity index (χ1v) is 50.1. The van der Waals surface area contributed by atoms with Crippen molar-refractivity contribution < 1.29 is 24.0 Å². The first-order valence-electron chi connectivity index (χ1n) is 50.1. The van der Waals surface area contributed by atoms with Gasteiger partial charge in [-0.2, -0.15) is 0 Å². The van der Waals surface area contributed by atoms with Crippen molar-refractivity contribution in [2.75, 3.05) is 157 Å². The second kappa shape index (κ2) is 55.9. The number of likely N-dealkylation sites (tertiary alicyclic amines) is 5. The van der Waals surface area contributed by atoms with Crippen LogP contribution in [0.15, 0.2) is 273 Å². The summed E-state index contributed by atoms with van der Waals surface area (Å²) in [5, 5.41) is 18.2. The Morgan fingerprint density at radius 2 is 0.440 bits per heavy atom. The molecule has 20 heteroatoms. The Hall–Kier alpha value is -11.7. The number of nitrogens with zero attached hydrogens (tertiary/aromatic N) is 10. The van der Waals surface area contributed by atoms with Crippen LogP contribution in [0.5, 0.6) is 0 Å². The number of amides is 5. The zero-order chi connectivity index (χ0) is 94.6. The third-order valence-electron chi connectivity index (χ3n) is 26.4. The molecule has 714 valence electrons. The summed E-state index contributed by atoms with van der Waals surface area (Å²) < 4.78 is 0. The number of hydrogen-bond acceptors (Lipinski definition) is 15. The Labute approximate surface area is 802 Å². The van der Waals surface area contributed by atoms with Crippen LogP contribution in [-0.4, -0.2) is 240 Å². The van der Waals surface area contributed by atoms with Crippen LogP contribution in [0.1, 0.15) is 207 Å². The van der Waals surface area contributed by atoms with Crippen molar-refractivity contribution in [3.8, 4) is 0 Å². The quantitative estimate of drug-likeness (QED) is 0.0253. The van der Waals surface area contributed by atoms with E-state index < -0.39 is 0 Å². The molecule has 0 saturated carbocycles. The molecule has 10 aromatic rings. The molecule has 5 heterocycles. The minimum atomic E-state index is 0.108. The zero-order valence-electron chi connectivity index (χ0n) is 81.9. The van der Waals surface area contributed by atoms with Crippen LogP contribution in [0.4, 0.5) is 28.4 Å². The average Bonchev–Trinajstić information content (AvgIpc) is 1.67. The fourth-order valence-corrected chi connectivity index (χ4v) is 18.7. The van der Waals surface area contributed by atoms with Crippen LogP contribution in [0.2, 0.25) is 0 Å². The predicted octanol–water partition coefficient (Wildman–Crippen LogP) is 20.8. The predicted molar refractivity (Wildman–Crippen MR) is 556 cm³/mol. The lowest BCUT2D eigenvalue weighted by molar-refractivity contribution is 0.0765. The molecule has 5 amide bonds. The second-order valence-corrected chi connectivity index (χ2v) is 35.9. The molecule has 134 heavy (non-hydrogen) atoms. The smallest absolute Gasteiger partial charge is 0.253 e. The van der Waals surface area contributed by atoms with Gasteiger partial charge in [0, 0.05) is 237 Å². The van der Waals surface area contributed by atoms with E-state index in [0.717, 1.165) is 252 Å². The zero-order valence-corrected chi connectivity index (χ0v) is 81.9. The molecule has 5 aliphatic heterocycles. The molecule has 15 rings (SSSR count). The highest BCUT2D eigenvalue weighted by Gasteiger charge is 2.28. The third kappa shape index (κ3) is 33.2. The lowest BCUT2D eigenvalue weighted by Gasteiger charge is -2.33. The second-order valence-electron chi connectivity index (χ2n) is 35.9. The molecule has 0 radical (unpaired) electrons. The summed E-state index contributed by atoms with van der Waals surface area (Å²) in [5.41, 5.74) is 16.1. The molecule has 5 aliphatic rings. The summed E-state index contributed by atoms with van der Waals surface area (Å²) in [4.78, 5) is 84.2. The van der Waals surface area contributed by atoms with Crippen LogP contribution in [0.25, 0.3) is 0 Å². The number of anilines is 5. The highest BCUT2D eigenvalue weighted by molar-refractivity contribution is 5.97. The minimum absolute atomic E-state index is 0.108. The summed E-state index contributed by atoms with van der Waals surface area (Å²) in [7, 11) is 0. The number of carbonyl (C=O) groups excluding carboxylic acids is 5. The van der Waals surface area contributed by atoms with Crippen molar-refractivity contribution in [3.05, 3.63) is 329 Å². The number of benzene rings is 10. The van der Waals surface area contributed by atoms with Gasteiger partial charge in [0.15, 0.2) is 0 Å². The molecule has 3 unspecified atom stereocenters. The van der Waals surface area contributed by atoms with Gasteiger partial charge < -0.3 is 51.1 Å². The van der Waals surface area contributed by atoms with Crippen molar-refractivity contribution in [3.63, 3.8) is 0 Å². The number of piperidine rings is 4. The maximum absolute atomic E-state index is 12.6. The Bertz CT molecular complexity index is 5020. The molecule has 5 saturated heterocycles. The molecular weight excluding hydrogens is 1660 g/mol. The normalized spacial score (nSPS) is 16.6. The molecule has 3 atom stereocenters. The topological polar surface area (TPSA) is 178 Å². The summed E-state index contributed by atoms with van der Waals surface area (Å²) in [6.45, 7) is 43.7. The van der Waals surface area contributed by atoms with Crippen molar-refractivity contribution in [1.82, 2.24) is 49.0 Å². The molecule has 0 bridgehead atoms. The Morgan fingerprint density at radius 1 is 0.224 bits per heavy atom. The fraction of sp³-hybridized carbons (Fsp3) is 0.430. The van der Waals surface area contributed by atoms with E-state index in [1.54, 1.807) is 0 Å². The maximum Gasteiger partial charge on any atom is 0.253 e. The van der Waals surface area contributed by atoms with Crippen molar-refractivity contribution in [2.24, 2.45) is 0 Å². The molecule has 5 N–H and O–H groups in total. The molecule has 20 nitrogen and oxygen atoms in total. The average molecular weight is 1810 g/mol. The highest BCUT2D eigenvalue weighted by Crippen LogP contribution is 2.28. The van der Waals surface area contributed by atoms with Gasteiger partial charge in [-0.15, -0.1) is 0 Å². The molecule has 0 aliphatic carbocycles. The largest absolute Gasteiger partial charge is 0.382 e. The van der Waals surface area contributed by atoms with Crippen LogP contribution >= 0.6 is 0 Å². The van der Waals surface area contributed by atoms with Crippen molar-refractivity contribution in [1.29, 1.82) is 0 Å². The van der Waals surface area contributed by atoms with Gasteiger partial charge in [0.2, 0.25) is 0 Å². The van der Waals surface area contributed by atoms with Gasteiger partial charge in [-0.1, -0.05) is 164 Å². The summed E-state index contributed by atoms with van der Waals surface area (Å²) >= 11 is 0. The summed E-state index contributed by atoms with van der Waals surface area (Å²) in [5.74, 6) is 0.551. The van der Waals surface area contributed by atoms with Gasteiger partial charge in [-0.25, -0.2) is 0 Å². The first-order chi connectivity index (χ1) is 65.5. The Balaban J connectivity index is 0.000000161. The Kier molecular flexibility index (Phi) is 42.9. The highest BCUT2D eigenvalue weighted by atomic mass is 16.2. The third-order valence-corrected chi connectivity index (χ3v) is 26.4. The summed E-state index contributed by atoms with van der Waals surface area (Å²) in [6, 6.07) is 95.3. The van der Waals surface area contributed by atoms with Gasteiger partial charge in [0.05, 0.1) is 0 Å². The van der Waals surface area contributed by atoms with Crippen LogP contribution in [0.3, 0.4) is 0 Å². The molecule has 10 aromatic carbocycles. The molecular formula is C114H153N15O5.